The Balaban J connectivity index is 1.98. The molecule has 0 spiro atoms. The van der Waals surface area contributed by atoms with Crippen LogP contribution in [0, 0.1) is 11.3 Å². The molecule has 0 aliphatic heterocycles. The molecule has 1 N–H and O–H groups in total. The molecule has 5 nitrogen and oxygen atoms in total. The molecule has 0 fully saturated rings. The Morgan fingerprint density at radius 1 is 1.00 bits per heavy atom. The molecule has 0 saturated carbocycles. The number of nitriles is 1. The van der Waals surface area contributed by atoms with Crippen LogP contribution in [0.25, 0.3) is 6.08 Å². The summed E-state index contributed by atoms with van der Waals surface area (Å²) >= 11 is 0. The molecule has 0 bridgehead atoms. The molecule has 3 aromatic carbocycles. The maximum absolute atomic E-state index is 11.2. The summed E-state index contributed by atoms with van der Waals surface area (Å²) in [5, 5.41) is 18.2. The van der Waals surface area contributed by atoms with Crippen molar-refractivity contribution in [3.8, 4) is 11.8 Å². The summed E-state index contributed by atoms with van der Waals surface area (Å²) in [5.74, 6) is -0.758. The number of carboxylic acid groups (broad SMARTS) is 1. The number of rotatable bonds is 8. The number of nitrogens with zero attached hydrogens (tertiary/aromatic N) is 2. The zero-order valence-electron chi connectivity index (χ0n) is 16.7. The van der Waals surface area contributed by atoms with Crippen molar-refractivity contribution < 1.29 is 14.6 Å². The Kier molecular flexibility index (Phi) is 6.86. The van der Waals surface area contributed by atoms with E-state index < -0.39 is 5.97 Å². The Bertz CT molecular complexity index is 1030. The van der Waals surface area contributed by atoms with E-state index in [0.717, 1.165) is 5.69 Å². The van der Waals surface area contributed by atoms with Crippen LogP contribution >= 0.6 is 0 Å². The third-order valence-electron chi connectivity index (χ3n) is 4.67. The summed E-state index contributed by atoms with van der Waals surface area (Å²) in [6.07, 6.45) is 1.32. The van der Waals surface area contributed by atoms with Crippen molar-refractivity contribution in [3.05, 3.63) is 101 Å². The number of ether oxygens (including phenoxy) is 1. The van der Waals surface area contributed by atoms with Gasteiger partial charge in [0.2, 0.25) is 0 Å². The molecule has 5 heteroatoms. The van der Waals surface area contributed by atoms with E-state index in [1.807, 2.05) is 48.5 Å². The number of carbonyl (C=O) groups is 1. The average molecular weight is 398 g/mol. The van der Waals surface area contributed by atoms with E-state index in [2.05, 4.69) is 29.2 Å². The van der Waals surface area contributed by atoms with Crippen molar-refractivity contribution in [3.63, 3.8) is 0 Å². The zero-order valence-corrected chi connectivity index (χ0v) is 16.7. The molecule has 0 aromatic heterocycles. The van der Waals surface area contributed by atoms with Crippen molar-refractivity contribution in [1.29, 1.82) is 5.26 Å². The first kappa shape index (κ1) is 20.7. The molecule has 0 atom stereocenters. The fraction of sp³-hybridized carbons (Fsp3) is 0.120. The highest BCUT2D eigenvalue weighted by Gasteiger charge is 2.13. The summed E-state index contributed by atoms with van der Waals surface area (Å²) < 4.78 is 5.49. The minimum atomic E-state index is -1.27. The molecule has 0 saturated heterocycles. The van der Waals surface area contributed by atoms with Crippen LogP contribution in [0.1, 0.15) is 16.7 Å². The SMILES string of the molecule is COc1cc(N(Cc2ccccc2)Cc2ccccc2)ccc1/C=C(\C#N)C(=O)O. The van der Waals surface area contributed by atoms with Gasteiger partial charge in [0.05, 0.1) is 7.11 Å². The summed E-state index contributed by atoms with van der Waals surface area (Å²) in [4.78, 5) is 13.4. The van der Waals surface area contributed by atoms with Gasteiger partial charge in [-0.2, -0.15) is 5.26 Å². The highest BCUT2D eigenvalue weighted by molar-refractivity contribution is 5.97. The second kappa shape index (κ2) is 9.94. The second-order valence-electron chi connectivity index (χ2n) is 6.73. The summed E-state index contributed by atoms with van der Waals surface area (Å²) in [6, 6.07) is 27.6. The van der Waals surface area contributed by atoms with Crippen molar-refractivity contribution in [1.82, 2.24) is 0 Å². The Hall–Kier alpha value is -4.04. The smallest absolute Gasteiger partial charge is 0.346 e. The third-order valence-corrected chi connectivity index (χ3v) is 4.67. The molecule has 0 aliphatic carbocycles. The highest BCUT2D eigenvalue weighted by atomic mass is 16.5. The van der Waals surface area contributed by atoms with E-state index in [0.29, 0.717) is 24.4 Å². The Morgan fingerprint density at radius 3 is 2.03 bits per heavy atom. The number of aliphatic carboxylic acids is 1. The first-order valence-corrected chi connectivity index (χ1v) is 9.46. The molecular weight excluding hydrogens is 376 g/mol. The summed E-state index contributed by atoms with van der Waals surface area (Å²) in [7, 11) is 1.53. The van der Waals surface area contributed by atoms with E-state index >= 15 is 0 Å². The van der Waals surface area contributed by atoms with Crippen LogP contribution in [-0.2, 0) is 17.9 Å². The first-order chi connectivity index (χ1) is 14.6. The fourth-order valence-corrected chi connectivity index (χ4v) is 3.16. The van der Waals surface area contributed by atoms with Crippen LogP contribution in [-0.4, -0.2) is 18.2 Å². The van der Waals surface area contributed by atoms with Gasteiger partial charge in [-0.25, -0.2) is 4.79 Å². The molecule has 0 heterocycles. The van der Waals surface area contributed by atoms with Gasteiger partial charge in [0.25, 0.3) is 0 Å². The number of hydrogen-bond donors (Lipinski definition) is 1. The van der Waals surface area contributed by atoms with E-state index in [9.17, 15) is 4.79 Å². The number of benzene rings is 3. The quantitative estimate of drug-likeness (QED) is 0.432. The van der Waals surface area contributed by atoms with Crippen LogP contribution in [0.3, 0.4) is 0 Å². The maximum Gasteiger partial charge on any atom is 0.346 e. The van der Waals surface area contributed by atoms with Crippen molar-refractivity contribution >= 4 is 17.7 Å². The third kappa shape index (κ3) is 5.27. The van der Waals surface area contributed by atoms with Gasteiger partial charge in [-0.05, 0) is 29.3 Å². The molecule has 3 rings (SSSR count). The summed E-state index contributed by atoms with van der Waals surface area (Å²) in [5.41, 5.74) is 3.49. The van der Waals surface area contributed by atoms with Crippen LogP contribution in [0.2, 0.25) is 0 Å². The molecule has 0 aliphatic rings. The van der Waals surface area contributed by atoms with Crippen LogP contribution in [0.4, 0.5) is 5.69 Å². The van der Waals surface area contributed by atoms with E-state index in [-0.39, 0.29) is 5.57 Å². The topological polar surface area (TPSA) is 73.6 Å². The standard InChI is InChI=1S/C25H22N2O3/c1-30-24-15-23(13-12-21(24)14-22(16-26)25(28)29)27(17-19-8-4-2-5-9-19)18-20-10-6-3-7-11-20/h2-15H,17-18H2,1H3,(H,28,29)/b22-14+. The monoisotopic (exact) mass is 398 g/mol. The second-order valence-corrected chi connectivity index (χ2v) is 6.73. The fourth-order valence-electron chi connectivity index (χ4n) is 3.16. The normalized spacial score (nSPS) is 10.9. The van der Waals surface area contributed by atoms with Crippen molar-refractivity contribution in [2.24, 2.45) is 0 Å². The molecule has 30 heavy (non-hydrogen) atoms. The predicted octanol–water partition coefficient (Wildman–Crippen LogP) is 4.89. The lowest BCUT2D eigenvalue weighted by molar-refractivity contribution is -0.132. The number of methoxy groups -OCH3 is 1. The minimum Gasteiger partial charge on any atom is -0.496 e. The van der Waals surface area contributed by atoms with E-state index in [1.165, 1.54) is 24.3 Å². The van der Waals surface area contributed by atoms with Crippen molar-refractivity contribution in [2.45, 2.75) is 13.1 Å². The predicted molar refractivity (Wildman–Crippen MR) is 117 cm³/mol. The molecule has 0 radical (unpaired) electrons. The van der Waals surface area contributed by atoms with Gasteiger partial charge in [0.1, 0.15) is 17.4 Å². The largest absolute Gasteiger partial charge is 0.496 e. The summed E-state index contributed by atoms with van der Waals surface area (Å²) in [6.45, 7) is 1.40. The van der Waals surface area contributed by atoms with Gasteiger partial charge in [-0.15, -0.1) is 0 Å². The Labute approximate surface area is 176 Å². The lowest BCUT2D eigenvalue weighted by Crippen LogP contribution is -2.22. The van der Waals surface area contributed by atoms with E-state index in [4.69, 9.17) is 15.1 Å². The minimum absolute atomic E-state index is 0.341. The average Bonchev–Trinajstić information content (AvgIpc) is 2.78. The number of anilines is 1. The van der Waals surface area contributed by atoms with Gasteiger partial charge in [0.15, 0.2) is 0 Å². The zero-order chi connectivity index (χ0) is 21.3. The number of hydrogen-bond acceptors (Lipinski definition) is 4. The van der Waals surface area contributed by atoms with Crippen LogP contribution in [0.15, 0.2) is 84.4 Å². The Morgan fingerprint density at radius 2 is 1.57 bits per heavy atom. The highest BCUT2D eigenvalue weighted by Crippen LogP contribution is 2.29. The number of carboxylic acids is 1. The van der Waals surface area contributed by atoms with E-state index in [1.54, 1.807) is 12.1 Å². The lowest BCUT2D eigenvalue weighted by atomic mass is 10.1. The van der Waals surface area contributed by atoms with Gasteiger partial charge in [-0.1, -0.05) is 60.7 Å². The lowest BCUT2D eigenvalue weighted by Gasteiger charge is -2.26. The van der Waals surface area contributed by atoms with Gasteiger partial charge < -0.3 is 14.7 Å². The molecule has 150 valence electrons. The molecule has 3 aromatic rings. The maximum atomic E-state index is 11.2. The van der Waals surface area contributed by atoms with Crippen molar-refractivity contribution in [2.75, 3.05) is 12.0 Å². The van der Waals surface area contributed by atoms with Crippen LogP contribution in [0.5, 0.6) is 5.75 Å². The van der Waals surface area contributed by atoms with Gasteiger partial charge in [0, 0.05) is 30.4 Å². The van der Waals surface area contributed by atoms with Gasteiger partial charge in [-0.3, -0.25) is 0 Å². The van der Waals surface area contributed by atoms with Crippen LogP contribution < -0.4 is 9.64 Å². The molecular formula is C25H22N2O3. The molecule has 0 unspecified atom stereocenters. The molecule has 0 amide bonds. The van der Waals surface area contributed by atoms with Gasteiger partial charge >= 0.3 is 5.97 Å². The first-order valence-electron chi connectivity index (χ1n) is 9.46.